The molecule has 0 fully saturated rings. The van der Waals surface area contributed by atoms with Crippen molar-refractivity contribution in [3.8, 4) is 0 Å². The lowest BCUT2D eigenvalue weighted by Gasteiger charge is -2.32. The molecular weight excluding hydrogens is 218 g/mol. The molecule has 2 nitrogen and oxygen atoms in total. The number of benzene rings is 1. The van der Waals surface area contributed by atoms with Crippen LogP contribution in [-0.2, 0) is 5.54 Å². The molecule has 0 aliphatic carbocycles. The second kappa shape index (κ2) is 6.94. The predicted octanol–water partition coefficient (Wildman–Crippen LogP) is 2.24. The van der Waals surface area contributed by atoms with E-state index in [1.54, 1.807) is 0 Å². The van der Waals surface area contributed by atoms with Crippen molar-refractivity contribution in [1.29, 1.82) is 0 Å². The molecule has 0 spiro atoms. The first-order valence-electron chi connectivity index (χ1n) is 5.72. The van der Waals surface area contributed by atoms with Gasteiger partial charge in [0, 0.05) is 0 Å². The third kappa shape index (κ3) is 3.24. The molecule has 0 heterocycles. The van der Waals surface area contributed by atoms with Crippen LogP contribution >= 0.6 is 11.8 Å². The van der Waals surface area contributed by atoms with Crippen LogP contribution in [0.4, 0.5) is 0 Å². The molecule has 0 radical (unpaired) electrons. The fourth-order valence-electron chi connectivity index (χ4n) is 1.81. The van der Waals surface area contributed by atoms with Crippen LogP contribution in [-0.4, -0.2) is 30.3 Å². The van der Waals surface area contributed by atoms with E-state index in [9.17, 15) is 5.11 Å². The van der Waals surface area contributed by atoms with E-state index in [1.165, 1.54) is 0 Å². The number of thioether (sulfide) groups is 1. The maximum absolute atomic E-state index is 9.66. The summed E-state index contributed by atoms with van der Waals surface area (Å²) in [5, 5.41) is 12.9. The van der Waals surface area contributed by atoms with Crippen molar-refractivity contribution < 1.29 is 5.11 Å². The zero-order valence-corrected chi connectivity index (χ0v) is 10.9. The standard InChI is InChI=1S/C13H21NOS/c1-3-16-10-9-13(11-15,14-2)12-7-5-4-6-8-12/h4-8,14-15H,3,9-11H2,1-2H3. The van der Waals surface area contributed by atoms with E-state index < -0.39 is 0 Å². The van der Waals surface area contributed by atoms with Crippen LogP contribution in [0.5, 0.6) is 0 Å². The molecule has 3 heteroatoms. The van der Waals surface area contributed by atoms with Gasteiger partial charge < -0.3 is 10.4 Å². The fourth-order valence-corrected chi connectivity index (χ4v) is 2.59. The second-order valence-electron chi connectivity index (χ2n) is 3.80. The van der Waals surface area contributed by atoms with Crippen LogP contribution < -0.4 is 5.32 Å². The normalized spacial score (nSPS) is 14.7. The third-order valence-corrected chi connectivity index (χ3v) is 3.85. The number of nitrogens with one attached hydrogen (secondary N) is 1. The number of rotatable bonds is 7. The fraction of sp³-hybridized carbons (Fsp3) is 0.538. The van der Waals surface area contributed by atoms with Gasteiger partial charge in [-0.05, 0) is 30.5 Å². The Hall–Kier alpha value is -0.510. The van der Waals surface area contributed by atoms with Crippen LogP contribution in [0.2, 0.25) is 0 Å². The molecule has 1 unspecified atom stereocenters. The highest BCUT2D eigenvalue weighted by atomic mass is 32.2. The monoisotopic (exact) mass is 239 g/mol. The Bertz CT molecular complexity index is 285. The van der Waals surface area contributed by atoms with E-state index in [0.29, 0.717) is 0 Å². The molecule has 1 aromatic carbocycles. The largest absolute Gasteiger partial charge is 0.394 e. The average Bonchev–Trinajstić information content (AvgIpc) is 2.36. The van der Waals surface area contributed by atoms with Gasteiger partial charge in [0.2, 0.25) is 0 Å². The number of aliphatic hydroxyl groups excluding tert-OH is 1. The molecule has 0 saturated carbocycles. The first-order valence-corrected chi connectivity index (χ1v) is 6.87. The summed E-state index contributed by atoms with van der Waals surface area (Å²) < 4.78 is 0. The molecule has 16 heavy (non-hydrogen) atoms. The van der Waals surface area contributed by atoms with Crippen LogP contribution in [0.1, 0.15) is 18.9 Å². The summed E-state index contributed by atoms with van der Waals surface area (Å²) in [6.07, 6.45) is 0.947. The van der Waals surface area contributed by atoms with Crippen molar-refractivity contribution in [2.75, 3.05) is 25.2 Å². The predicted molar refractivity (Wildman–Crippen MR) is 71.9 cm³/mol. The van der Waals surface area contributed by atoms with Crippen LogP contribution in [0.25, 0.3) is 0 Å². The Labute approximate surface area is 102 Å². The van der Waals surface area contributed by atoms with Gasteiger partial charge in [-0.3, -0.25) is 0 Å². The SMILES string of the molecule is CCSCCC(CO)(NC)c1ccccc1. The minimum Gasteiger partial charge on any atom is -0.394 e. The maximum Gasteiger partial charge on any atom is 0.0674 e. The smallest absolute Gasteiger partial charge is 0.0674 e. The van der Waals surface area contributed by atoms with Gasteiger partial charge in [-0.25, -0.2) is 0 Å². The minimum absolute atomic E-state index is 0.137. The maximum atomic E-state index is 9.66. The van der Waals surface area contributed by atoms with Crippen LogP contribution in [0, 0.1) is 0 Å². The molecule has 1 atom stereocenters. The number of hydrogen-bond donors (Lipinski definition) is 2. The summed E-state index contributed by atoms with van der Waals surface area (Å²) in [5.41, 5.74) is 0.875. The molecule has 0 aliphatic rings. The van der Waals surface area contributed by atoms with Crippen molar-refractivity contribution >= 4 is 11.8 Å². The summed E-state index contributed by atoms with van der Waals surface area (Å²) in [6, 6.07) is 10.2. The third-order valence-electron chi connectivity index (χ3n) is 2.95. The van der Waals surface area contributed by atoms with Crippen molar-refractivity contribution in [2.45, 2.75) is 18.9 Å². The molecule has 0 saturated heterocycles. The van der Waals surface area contributed by atoms with Gasteiger partial charge in [-0.1, -0.05) is 37.3 Å². The molecule has 0 bridgehead atoms. The Balaban J connectivity index is 2.79. The summed E-state index contributed by atoms with van der Waals surface area (Å²) in [7, 11) is 1.92. The molecular formula is C13H21NOS. The molecule has 1 rings (SSSR count). The molecule has 90 valence electrons. The van der Waals surface area contributed by atoms with E-state index in [1.807, 2.05) is 37.0 Å². The number of aliphatic hydroxyl groups is 1. The molecule has 0 aliphatic heterocycles. The Morgan fingerprint density at radius 3 is 2.50 bits per heavy atom. The van der Waals surface area contributed by atoms with Gasteiger partial charge in [0.1, 0.15) is 0 Å². The van der Waals surface area contributed by atoms with Gasteiger partial charge in [-0.2, -0.15) is 11.8 Å². The van der Waals surface area contributed by atoms with Crippen LogP contribution in [0.15, 0.2) is 30.3 Å². The van der Waals surface area contributed by atoms with E-state index in [-0.39, 0.29) is 12.1 Å². The zero-order valence-electron chi connectivity index (χ0n) is 10.1. The highest BCUT2D eigenvalue weighted by Gasteiger charge is 2.28. The second-order valence-corrected chi connectivity index (χ2v) is 5.20. The Morgan fingerprint density at radius 1 is 1.31 bits per heavy atom. The van der Waals surface area contributed by atoms with E-state index in [0.717, 1.165) is 23.5 Å². The summed E-state index contributed by atoms with van der Waals surface area (Å²) >= 11 is 1.91. The topological polar surface area (TPSA) is 32.3 Å². The minimum atomic E-state index is -0.288. The first kappa shape index (κ1) is 13.6. The van der Waals surface area contributed by atoms with E-state index in [4.69, 9.17) is 0 Å². The van der Waals surface area contributed by atoms with Gasteiger partial charge >= 0.3 is 0 Å². The van der Waals surface area contributed by atoms with Gasteiger partial charge in [0.15, 0.2) is 0 Å². The van der Waals surface area contributed by atoms with Crippen LogP contribution in [0.3, 0.4) is 0 Å². The highest BCUT2D eigenvalue weighted by molar-refractivity contribution is 7.99. The van der Waals surface area contributed by atoms with Gasteiger partial charge in [-0.15, -0.1) is 0 Å². The van der Waals surface area contributed by atoms with Gasteiger partial charge in [0.25, 0.3) is 0 Å². The average molecular weight is 239 g/mol. The summed E-state index contributed by atoms with van der Waals surface area (Å²) in [4.78, 5) is 0. The van der Waals surface area contributed by atoms with E-state index >= 15 is 0 Å². The number of hydrogen-bond acceptors (Lipinski definition) is 3. The molecule has 2 N–H and O–H groups in total. The molecule has 0 amide bonds. The van der Waals surface area contributed by atoms with Crippen molar-refractivity contribution in [3.05, 3.63) is 35.9 Å². The van der Waals surface area contributed by atoms with Crippen molar-refractivity contribution in [3.63, 3.8) is 0 Å². The Morgan fingerprint density at radius 2 is 2.00 bits per heavy atom. The lowest BCUT2D eigenvalue weighted by Crippen LogP contribution is -2.44. The van der Waals surface area contributed by atoms with E-state index in [2.05, 4.69) is 24.4 Å². The van der Waals surface area contributed by atoms with Crippen molar-refractivity contribution in [1.82, 2.24) is 5.32 Å². The number of likely N-dealkylation sites (N-methyl/N-ethyl adjacent to an activating group) is 1. The molecule has 1 aromatic rings. The van der Waals surface area contributed by atoms with Crippen molar-refractivity contribution in [2.24, 2.45) is 0 Å². The quantitative estimate of drug-likeness (QED) is 0.716. The highest BCUT2D eigenvalue weighted by Crippen LogP contribution is 2.25. The zero-order chi connectivity index (χ0) is 11.9. The summed E-state index contributed by atoms with van der Waals surface area (Å²) in [5.74, 6) is 2.19. The lowest BCUT2D eigenvalue weighted by atomic mass is 9.88. The van der Waals surface area contributed by atoms with Gasteiger partial charge in [0.05, 0.1) is 12.1 Å². The summed E-state index contributed by atoms with van der Waals surface area (Å²) in [6.45, 7) is 2.30. The molecule has 0 aromatic heterocycles. The lowest BCUT2D eigenvalue weighted by molar-refractivity contribution is 0.165. The first-order chi connectivity index (χ1) is 7.79. The Kier molecular flexibility index (Phi) is 5.88.